The van der Waals surface area contributed by atoms with Crippen LogP contribution in [0.25, 0.3) is 0 Å². The van der Waals surface area contributed by atoms with Crippen LogP contribution in [0.2, 0.25) is 0 Å². The molecule has 2 rings (SSSR count). The first-order valence-electron chi connectivity index (χ1n) is 5.03. The topological polar surface area (TPSA) is 0 Å². The average Bonchev–Trinajstić information content (AvgIpc) is 2.41. The Labute approximate surface area is 193 Å². The fraction of sp³-hybridized carbons (Fsp3) is 0.455. The first-order valence-corrected chi connectivity index (χ1v) is 12.2. The van der Waals surface area contributed by atoms with Crippen molar-refractivity contribution in [2.75, 3.05) is 0 Å². The first kappa shape index (κ1) is 19.9. The van der Waals surface area contributed by atoms with Gasteiger partial charge in [0, 0.05) is 0 Å². The summed E-state index contributed by atoms with van der Waals surface area (Å²) in [5, 5.41) is 0. The van der Waals surface area contributed by atoms with Gasteiger partial charge >= 0.3 is 0 Å². The molecular formula is C11H4Br9. The van der Waals surface area contributed by atoms with Gasteiger partial charge in [-0.2, -0.15) is 0 Å². The Morgan fingerprint density at radius 3 is 1.45 bits per heavy atom. The maximum absolute atomic E-state index is 3.91. The third kappa shape index (κ3) is 2.32. The van der Waals surface area contributed by atoms with E-state index >= 15 is 0 Å². The van der Waals surface area contributed by atoms with Crippen LogP contribution in [0.3, 0.4) is 0 Å². The van der Waals surface area contributed by atoms with E-state index in [-0.39, 0.29) is 0 Å². The molecule has 1 saturated carbocycles. The Morgan fingerprint density at radius 2 is 1.10 bits per heavy atom. The fourth-order valence-corrected chi connectivity index (χ4v) is 12.7. The van der Waals surface area contributed by atoms with Crippen molar-refractivity contribution in [3.05, 3.63) is 35.9 Å². The standard InChI is InChI=1S/C11H4Br9/c12-7(6-4-2-1-3-5-6)8(13,14)10(17,18)11(19,20)9(7,15)16/h1-4H. The van der Waals surface area contributed by atoms with E-state index in [2.05, 4.69) is 149 Å². The molecule has 1 aliphatic carbocycles. The lowest BCUT2D eigenvalue weighted by Crippen LogP contribution is -2.46. The number of halogens is 9. The molecular weight excluding hydrogens is 851 g/mol. The van der Waals surface area contributed by atoms with E-state index in [1.165, 1.54) is 0 Å². The van der Waals surface area contributed by atoms with Crippen molar-refractivity contribution in [2.24, 2.45) is 0 Å². The van der Waals surface area contributed by atoms with Gasteiger partial charge < -0.3 is 0 Å². The SMILES string of the molecule is BrC1(Br)C(Br)(Br)C(Br)(Br)C(Br)(c2[c]cccc2)C1(Br)Br. The maximum Gasteiger partial charge on any atom is 0.134 e. The number of benzene rings is 1. The molecule has 0 saturated heterocycles. The molecule has 111 valence electrons. The number of hydrogen-bond acceptors (Lipinski definition) is 0. The molecule has 1 fully saturated rings. The molecule has 0 nitrogen and oxygen atoms in total. The predicted molar refractivity (Wildman–Crippen MR) is 118 cm³/mol. The number of alkyl halides is 9. The Kier molecular flexibility index (Phi) is 6.02. The Balaban J connectivity index is 2.82. The molecule has 0 spiro atoms. The van der Waals surface area contributed by atoms with Gasteiger partial charge in [0.1, 0.15) is 17.3 Å². The van der Waals surface area contributed by atoms with Gasteiger partial charge in [0.15, 0.2) is 0 Å². The largest absolute Gasteiger partial charge is 0.134 e. The zero-order valence-electron chi connectivity index (χ0n) is 9.21. The van der Waals surface area contributed by atoms with Gasteiger partial charge in [-0.3, -0.25) is 0 Å². The quantitative estimate of drug-likeness (QED) is 0.251. The summed E-state index contributed by atoms with van der Waals surface area (Å²) >= 11 is 34.2. The molecule has 0 N–H and O–H groups in total. The van der Waals surface area contributed by atoms with E-state index in [4.69, 9.17) is 0 Å². The van der Waals surface area contributed by atoms with Crippen LogP contribution in [-0.4, -0.2) is 12.9 Å². The molecule has 1 aromatic rings. The van der Waals surface area contributed by atoms with Crippen molar-refractivity contribution in [2.45, 2.75) is 17.3 Å². The summed E-state index contributed by atoms with van der Waals surface area (Å²) in [7, 11) is 0. The highest BCUT2D eigenvalue weighted by Crippen LogP contribution is 2.83. The van der Waals surface area contributed by atoms with E-state index in [1.807, 2.05) is 24.3 Å². The minimum absolute atomic E-state index is 0.611. The summed E-state index contributed by atoms with van der Waals surface area (Å²) in [5.41, 5.74) is 0.964. The monoisotopic (exact) mass is 846 g/mol. The second kappa shape index (κ2) is 6.06. The minimum Gasteiger partial charge on any atom is -0.0749 e. The molecule has 9 heteroatoms. The second-order valence-electron chi connectivity index (χ2n) is 4.23. The van der Waals surface area contributed by atoms with E-state index in [0.29, 0.717) is 0 Å². The highest BCUT2D eigenvalue weighted by atomic mass is 79.9. The van der Waals surface area contributed by atoms with E-state index < -0.39 is 17.3 Å². The van der Waals surface area contributed by atoms with Crippen LogP contribution in [0.5, 0.6) is 0 Å². The molecule has 0 unspecified atom stereocenters. The zero-order chi connectivity index (χ0) is 15.6. The van der Waals surface area contributed by atoms with Crippen molar-refractivity contribution in [3.8, 4) is 0 Å². The van der Waals surface area contributed by atoms with Crippen LogP contribution >= 0.6 is 143 Å². The van der Waals surface area contributed by atoms with Gasteiger partial charge in [0.05, 0.1) is 0 Å². The second-order valence-corrected chi connectivity index (χ2v) is 19.2. The Morgan fingerprint density at radius 1 is 0.650 bits per heavy atom. The summed E-state index contributed by atoms with van der Waals surface area (Å²) in [6, 6.07) is 11.1. The highest BCUT2D eigenvalue weighted by molar-refractivity contribution is 9.35. The lowest BCUT2D eigenvalue weighted by molar-refractivity contribution is 0.661. The van der Waals surface area contributed by atoms with Gasteiger partial charge in [-0.25, -0.2) is 0 Å². The smallest absolute Gasteiger partial charge is 0.0749 e. The molecule has 0 bridgehead atoms. The number of hydrogen-bond donors (Lipinski definition) is 0. The fourth-order valence-electron chi connectivity index (χ4n) is 1.97. The molecule has 0 heterocycles. The van der Waals surface area contributed by atoms with Gasteiger partial charge in [0.25, 0.3) is 0 Å². The molecule has 0 atom stereocenters. The van der Waals surface area contributed by atoms with E-state index in [9.17, 15) is 0 Å². The Hall–Kier alpha value is 3.54. The van der Waals surface area contributed by atoms with Gasteiger partial charge in [-0.15, -0.1) is 0 Å². The normalized spacial score (nSPS) is 28.2. The van der Waals surface area contributed by atoms with Gasteiger partial charge in [-0.05, 0) is 11.6 Å². The minimum atomic E-state index is -0.627. The average molecular weight is 855 g/mol. The van der Waals surface area contributed by atoms with Crippen molar-refractivity contribution in [1.29, 1.82) is 0 Å². The summed E-state index contributed by atoms with van der Waals surface area (Å²) in [6.45, 7) is 0. The first-order chi connectivity index (χ1) is 8.86. The summed E-state index contributed by atoms with van der Waals surface area (Å²) in [4.78, 5) is 0. The lowest BCUT2D eigenvalue weighted by Gasteiger charge is -2.41. The maximum atomic E-state index is 3.91. The van der Waals surface area contributed by atoms with Crippen molar-refractivity contribution in [1.82, 2.24) is 0 Å². The third-order valence-corrected chi connectivity index (χ3v) is 22.8. The van der Waals surface area contributed by atoms with Crippen LogP contribution in [0, 0.1) is 6.07 Å². The molecule has 0 amide bonds. The van der Waals surface area contributed by atoms with Crippen molar-refractivity contribution in [3.63, 3.8) is 0 Å². The molecule has 1 aliphatic rings. The molecule has 0 aromatic heterocycles. The van der Waals surface area contributed by atoms with Crippen molar-refractivity contribution >= 4 is 143 Å². The lowest BCUT2D eigenvalue weighted by atomic mass is 9.97. The predicted octanol–water partition coefficient (Wildman–Crippen LogP) is 8.03. The molecule has 0 aliphatic heterocycles. The van der Waals surface area contributed by atoms with Crippen molar-refractivity contribution < 1.29 is 0 Å². The van der Waals surface area contributed by atoms with Crippen LogP contribution in [-0.2, 0) is 4.32 Å². The van der Waals surface area contributed by atoms with E-state index in [0.717, 1.165) is 5.56 Å². The third-order valence-electron chi connectivity index (χ3n) is 3.13. The van der Waals surface area contributed by atoms with Crippen LogP contribution in [0.15, 0.2) is 24.3 Å². The van der Waals surface area contributed by atoms with Crippen LogP contribution in [0.4, 0.5) is 0 Å². The van der Waals surface area contributed by atoms with Crippen LogP contribution < -0.4 is 0 Å². The van der Waals surface area contributed by atoms with Gasteiger partial charge in [-0.1, -0.05) is 168 Å². The summed E-state index contributed by atoms with van der Waals surface area (Å²) in [6.07, 6.45) is 0. The summed E-state index contributed by atoms with van der Waals surface area (Å²) < 4.78 is -3.09. The summed E-state index contributed by atoms with van der Waals surface area (Å²) in [5.74, 6) is 0. The highest BCUT2D eigenvalue weighted by Gasteiger charge is 2.84. The number of rotatable bonds is 1. The van der Waals surface area contributed by atoms with Gasteiger partial charge in [0.2, 0.25) is 0 Å². The zero-order valence-corrected chi connectivity index (χ0v) is 23.5. The molecule has 20 heavy (non-hydrogen) atoms. The molecule has 1 radical (unpaired) electrons. The Bertz CT molecular complexity index is 494. The molecule has 1 aromatic carbocycles. The van der Waals surface area contributed by atoms with Crippen LogP contribution in [0.1, 0.15) is 5.56 Å². The van der Waals surface area contributed by atoms with E-state index in [1.54, 1.807) is 0 Å².